The van der Waals surface area contributed by atoms with Crippen LogP contribution in [0.2, 0.25) is 0 Å². The molecule has 0 unspecified atom stereocenters. The molecule has 3 amide bonds. The van der Waals surface area contributed by atoms with Gasteiger partial charge in [0.25, 0.3) is 5.91 Å². The van der Waals surface area contributed by atoms with Crippen molar-refractivity contribution in [3.05, 3.63) is 83.9 Å². The van der Waals surface area contributed by atoms with Crippen LogP contribution in [0.5, 0.6) is 0 Å². The van der Waals surface area contributed by atoms with Crippen molar-refractivity contribution in [2.75, 3.05) is 19.6 Å². The van der Waals surface area contributed by atoms with E-state index in [1.54, 1.807) is 52.2 Å². The van der Waals surface area contributed by atoms with Gasteiger partial charge in [-0.25, -0.2) is 13.9 Å². The molecular formula is C33H40FN5O4. The van der Waals surface area contributed by atoms with Crippen molar-refractivity contribution in [2.45, 2.75) is 76.5 Å². The second-order valence-corrected chi connectivity index (χ2v) is 12.3. The quantitative estimate of drug-likeness (QED) is 0.365. The average Bonchev–Trinajstić information content (AvgIpc) is 3.57. The second kappa shape index (κ2) is 13.0. The maximum absolute atomic E-state index is 13.7. The monoisotopic (exact) mass is 589 g/mol. The van der Waals surface area contributed by atoms with Gasteiger partial charge in [-0.2, -0.15) is 5.10 Å². The highest BCUT2D eigenvalue weighted by atomic mass is 19.1. The number of carbonyl (C=O) groups is 3. The summed E-state index contributed by atoms with van der Waals surface area (Å²) in [7, 11) is 0. The van der Waals surface area contributed by atoms with Crippen molar-refractivity contribution in [2.24, 2.45) is 0 Å². The minimum absolute atomic E-state index is 0.0484. The van der Waals surface area contributed by atoms with E-state index >= 15 is 0 Å². The predicted octanol–water partition coefficient (Wildman–Crippen LogP) is 5.31. The number of hydrogen-bond donors (Lipinski definition) is 1. The van der Waals surface area contributed by atoms with Crippen LogP contribution in [0.3, 0.4) is 0 Å². The number of benzene rings is 2. The number of hydrogen-bond acceptors (Lipinski definition) is 5. The molecule has 1 saturated carbocycles. The fourth-order valence-corrected chi connectivity index (χ4v) is 5.60. The van der Waals surface area contributed by atoms with Gasteiger partial charge in [0.05, 0.1) is 5.69 Å². The maximum Gasteiger partial charge on any atom is 0.410 e. The van der Waals surface area contributed by atoms with Gasteiger partial charge >= 0.3 is 6.09 Å². The van der Waals surface area contributed by atoms with Crippen molar-refractivity contribution >= 4 is 17.9 Å². The first-order valence-corrected chi connectivity index (χ1v) is 15.0. The predicted molar refractivity (Wildman–Crippen MR) is 160 cm³/mol. The van der Waals surface area contributed by atoms with E-state index in [1.807, 2.05) is 37.9 Å². The van der Waals surface area contributed by atoms with Crippen LogP contribution in [0.15, 0.2) is 67.0 Å². The number of piperidine rings is 1. The number of nitrogens with one attached hydrogen (secondary N) is 1. The number of rotatable bonds is 9. The smallest absolute Gasteiger partial charge is 0.410 e. The van der Waals surface area contributed by atoms with Crippen LogP contribution in [0.25, 0.3) is 5.69 Å². The van der Waals surface area contributed by atoms with Gasteiger partial charge in [-0.3, -0.25) is 9.59 Å². The molecule has 10 heteroatoms. The van der Waals surface area contributed by atoms with E-state index in [4.69, 9.17) is 4.74 Å². The first-order valence-electron chi connectivity index (χ1n) is 15.0. The van der Waals surface area contributed by atoms with Gasteiger partial charge in [0, 0.05) is 49.6 Å². The third kappa shape index (κ3) is 7.80. The maximum atomic E-state index is 13.7. The molecule has 228 valence electrons. The van der Waals surface area contributed by atoms with E-state index in [-0.39, 0.29) is 42.6 Å². The van der Waals surface area contributed by atoms with Crippen LogP contribution in [-0.4, -0.2) is 74.8 Å². The molecule has 43 heavy (non-hydrogen) atoms. The molecule has 5 rings (SSSR count). The highest BCUT2D eigenvalue weighted by Crippen LogP contribution is 2.45. The normalized spacial score (nSPS) is 18.9. The molecule has 2 heterocycles. The molecule has 1 aromatic heterocycles. The average molecular weight is 590 g/mol. The largest absolute Gasteiger partial charge is 0.444 e. The topological polar surface area (TPSA) is 96.8 Å². The highest BCUT2D eigenvalue weighted by Gasteiger charge is 2.46. The van der Waals surface area contributed by atoms with Crippen LogP contribution in [0.4, 0.5) is 9.18 Å². The van der Waals surface area contributed by atoms with Crippen molar-refractivity contribution < 1.29 is 23.5 Å². The minimum Gasteiger partial charge on any atom is -0.444 e. The summed E-state index contributed by atoms with van der Waals surface area (Å²) in [5.41, 5.74) is 1.49. The minimum atomic E-state index is -0.815. The molecule has 2 fully saturated rings. The van der Waals surface area contributed by atoms with Crippen LogP contribution in [0, 0.1) is 5.82 Å². The molecule has 1 aliphatic carbocycles. The Morgan fingerprint density at radius 3 is 2.37 bits per heavy atom. The highest BCUT2D eigenvalue weighted by molar-refractivity contribution is 5.97. The van der Waals surface area contributed by atoms with Gasteiger partial charge in [0.2, 0.25) is 5.91 Å². The van der Waals surface area contributed by atoms with Gasteiger partial charge in [0.15, 0.2) is 0 Å². The molecule has 2 aliphatic rings. The van der Waals surface area contributed by atoms with Crippen molar-refractivity contribution in [1.29, 1.82) is 0 Å². The number of carbonyl (C=O) groups excluding carboxylic acids is 3. The lowest BCUT2D eigenvalue weighted by Gasteiger charge is -2.32. The summed E-state index contributed by atoms with van der Waals surface area (Å²) in [5, 5.41) is 7.18. The SMILES string of the molecule is CC(C)(C)OC(=O)N(CC[C@H](NC(=O)c1ccc(-n2cccn2)cc1)C(=O)N1CCCCC1)[C@@H]1C[C@H]1c1ccc(F)cc1. The lowest BCUT2D eigenvalue weighted by atomic mass is 10.1. The molecular weight excluding hydrogens is 549 g/mol. The number of aromatic nitrogens is 2. The van der Waals surface area contributed by atoms with E-state index in [1.165, 1.54) is 12.1 Å². The van der Waals surface area contributed by atoms with Crippen LogP contribution < -0.4 is 5.32 Å². The van der Waals surface area contributed by atoms with Gasteiger partial charge in [-0.1, -0.05) is 12.1 Å². The Bertz CT molecular complexity index is 1400. The molecule has 0 radical (unpaired) electrons. The molecule has 1 aliphatic heterocycles. The lowest BCUT2D eigenvalue weighted by molar-refractivity contribution is -0.134. The molecule has 1 saturated heterocycles. The van der Waals surface area contributed by atoms with E-state index < -0.39 is 17.7 Å². The van der Waals surface area contributed by atoms with Gasteiger partial charge in [0.1, 0.15) is 17.5 Å². The van der Waals surface area contributed by atoms with E-state index in [0.29, 0.717) is 25.1 Å². The van der Waals surface area contributed by atoms with Gasteiger partial charge in [-0.15, -0.1) is 0 Å². The molecule has 1 N–H and O–H groups in total. The zero-order chi connectivity index (χ0) is 30.6. The van der Waals surface area contributed by atoms with Crippen LogP contribution in [0.1, 0.15) is 74.7 Å². The number of halogens is 1. The van der Waals surface area contributed by atoms with Crippen LogP contribution >= 0.6 is 0 Å². The summed E-state index contributed by atoms with van der Waals surface area (Å²) in [4.78, 5) is 44.0. The number of nitrogens with zero attached hydrogens (tertiary/aromatic N) is 4. The molecule has 9 nitrogen and oxygen atoms in total. The van der Waals surface area contributed by atoms with Crippen LogP contribution in [-0.2, 0) is 9.53 Å². The molecule has 3 atom stereocenters. The van der Waals surface area contributed by atoms with Crippen molar-refractivity contribution in [3.63, 3.8) is 0 Å². The summed E-state index contributed by atoms with van der Waals surface area (Å²) in [6.07, 6.45) is 6.90. The fourth-order valence-electron chi connectivity index (χ4n) is 5.60. The Morgan fingerprint density at radius 2 is 1.74 bits per heavy atom. The first-order chi connectivity index (χ1) is 20.6. The first kappa shape index (κ1) is 30.3. The molecule has 3 aromatic rings. The lowest BCUT2D eigenvalue weighted by Crippen LogP contribution is -2.51. The standard InChI is InChI=1S/C33H40FN5O4/c1-33(2,3)43-32(42)38(29-22-27(29)23-8-12-25(34)13-9-23)21-16-28(31(41)37-18-5-4-6-19-37)36-30(40)24-10-14-26(15-11-24)39-20-7-17-35-39/h7-15,17,20,27-29H,4-6,16,18-19,21-22H2,1-3H3,(H,36,40)/t27-,28-,29+/m0/s1. The third-order valence-electron chi connectivity index (χ3n) is 7.91. The zero-order valence-corrected chi connectivity index (χ0v) is 25.0. The van der Waals surface area contributed by atoms with E-state index in [0.717, 1.165) is 30.5 Å². The summed E-state index contributed by atoms with van der Waals surface area (Å²) < 4.78 is 21.0. The fraction of sp³-hybridized carbons (Fsp3) is 0.455. The summed E-state index contributed by atoms with van der Waals surface area (Å²) in [6, 6.07) is 14.2. The number of ether oxygens (including phenoxy) is 1. The second-order valence-electron chi connectivity index (χ2n) is 12.3. The Hall–Kier alpha value is -4.21. The molecule has 0 spiro atoms. The Balaban J connectivity index is 1.32. The van der Waals surface area contributed by atoms with E-state index in [9.17, 15) is 18.8 Å². The molecule has 2 aromatic carbocycles. The van der Waals surface area contributed by atoms with Crippen molar-refractivity contribution in [1.82, 2.24) is 24.9 Å². The number of likely N-dealkylation sites (tertiary alicyclic amines) is 1. The summed E-state index contributed by atoms with van der Waals surface area (Å²) >= 11 is 0. The van der Waals surface area contributed by atoms with Gasteiger partial charge in [-0.05, 0) is 101 Å². The molecule has 0 bridgehead atoms. The third-order valence-corrected chi connectivity index (χ3v) is 7.91. The Morgan fingerprint density at radius 1 is 1.05 bits per heavy atom. The van der Waals surface area contributed by atoms with E-state index in [2.05, 4.69) is 10.4 Å². The number of amides is 3. The zero-order valence-electron chi connectivity index (χ0n) is 25.0. The Kier molecular flexibility index (Phi) is 9.13. The summed E-state index contributed by atoms with van der Waals surface area (Å²) in [6.45, 7) is 6.96. The van der Waals surface area contributed by atoms with Gasteiger partial charge < -0.3 is 19.9 Å². The van der Waals surface area contributed by atoms with Crippen molar-refractivity contribution in [3.8, 4) is 5.69 Å². The Labute approximate surface area is 252 Å². The summed E-state index contributed by atoms with van der Waals surface area (Å²) in [5.74, 6) is -0.763.